The molecule has 0 atom stereocenters. The minimum Gasteiger partial charge on any atom is -0.356 e. The van der Waals surface area contributed by atoms with Crippen molar-refractivity contribution in [3.8, 4) is 11.3 Å². The molecule has 0 spiro atoms. The Balaban J connectivity index is 1.66. The fraction of sp³-hybridized carbons (Fsp3) is 0.500. The van der Waals surface area contributed by atoms with Crippen molar-refractivity contribution >= 4 is 39.9 Å². The number of thiazole rings is 1. The maximum Gasteiger partial charge on any atom is 0.230 e. The lowest BCUT2D eigenvalue weighted by molar-refractivity contribution is -0.118. The van der Waals surface area contributed by atoms with Gasteiger partial charge in [0.25, 0.3) is 0 Å². The second kappa shape index (κ2) is 11.4. The van der Waals surface area contributed by atoms with Gasteiger partial charge in [-0.15, -0.1) is 0 Å². The zero-order valence-electron chi connectivity index (χ0n) is 16.9. The van der Waals surface area contributed by atoms with E-state index in [1.165, 1.54) is 55.2 Å². The molecule has 1 fully saturated rings. The van der Waals surface area contributed by atoms with Gasteiger partial charge in [-0.25, -0.2) is 4.98 Å². The van der Waals surface area contributed by atoms with E-state index in [0.717, 1.165) is 27.0 Å². The predicted octanol–water partition coefficient (Wildman–Crippen LogP) is 5.34. The Labute approximate surface area is 181 Å². The number of anilines is 1. The third-order valence-corrected chi connectivity index (χ3v) is 7.23. The molecule has 2 aromatic rings. The Bertz CT molecular complexity index is 802. The van der Waals surface area contributed by atoms with Crippen LogP contribution in [0, 0.1) is 5.92 Å². The summed E-state index contributed by atoms with van der Waals surface area (Å²) in [6, 6.07) is 9.87. The largest absolute Gasteiger partial charge is 0.356 e. The van der Waals surface area contributed by atoms with E-state index < -0.39 is 0 Å². The summed E-state index contributed by atoms with van der Waals surface area (Å²) in [6.45, 7) is 2.52. The molecule has 29 heavy (non-hydrogen) atoms. The van der Waals surface area contributed by atoms with Crippen molar-refractivity contribution < 1.29 is 9.59 Å². The summed E-state index contributed by atoms with van der Waals surface area (Å²) in [6.07, 6.45) is 7.95. The summed E-state index contributed by atoms with van der Waals surface area (Å²) in [4.78, 5) is 29.1. The second-order valence-corrected chi connectivity index (χ2v) is 9.58. The Morgan fingerprint density at radius 2 is 1.90 bits per heavy atom. The zero-order chi connectivity index (χ0) is 20.5. The third kappa shape index (κ3) is 6.85. The lowest BCUT2D eigenvalue weighted by atomic mass is 9.86. The number of aromatic nitrogens is 1. The first-order valence-corrected chi connectivity index (χ1v) is 12.2. The van der Waals surface area contributed by atoms with Crippen molar-refractivity contribution in [3.05, 3.63) is 30.3 Å². The van der Waals surface area contributed by atoms with Crippen LogP contribution in [0.4, 0.5) is 5.00 Å². The number of carbonyl (C=O) groups excluding carboxylic acids is 2. The van der Waals surface area contributed by atoms with Crippen LogP contribution in [0.3, 0.4) is 0 Å². The van der Waals surface area contributed by atoms with Crippen molar-refractivity contribution in [1.82, 2.24) is 10.3 Å². The van der Waals surface area contributed by atoms with Crippen molar-refractivity contribution in [2.45, 2.75) is 56.2 Å². The number of thioether (sulfide) groups is 1. The van der Waals surface area contributed by atoms with E-state index in [-0.39, 0.29) is 11.8 Å². The van der Waals surface area contributed by atoms with E-state index in [2.05, 4.69) is 10.6 Å². The molecule has 1 aliphatic rings. The van der Waals surface area contributed by atoms with Crippen LogP contribution in [0.25, 0.3) is 11.3 Å². The summed E-state index contributed by atoms with van der Waals surface area (Å²) in [5.41, 5.74) is 1.75. The van der Waals surface area contributed by atoms with Crippen LogP contribution in [0.2, 0.25) is 0 Å². The number of benzene rings is 1. The van der Waals surface area contributed by atoms with Crippen LogP contribution in [-0.4, -0.2) is 29.1 Å². The molecule has 1 aromatic carbocycles. The molecule has 7 heteroatoms. The molecule has 1 heterocycles. The van der Waals surface area contributed by atoms with Gasteiger partial charge in [0.15, 0.2) is 4.34 Å². The summed E-state index contributed by atoms with van der Waals surface area (Å²) >= 11 is 2.85. The van der Waals surface area contributed by atoms with Crippen LogP contribution in [0.5, 0.6) is 0 Å². The molecular weight excluding hydrogens is 402 g/mol. The van der Waals surface area contributed by atoms with Gasteiger partial charge in [0.2, 0.25) is 11.8 Å². The number of amides is 2. The zero-order valence-corrected chi connectivity index (χ0v) is 18.5. The van der Waals surface area contributed by atoms with Crippen LogP contribution in [0.15, 0.2) is 34.7 Å². The van der Waals surface area contributed by atoms with E-state index >= 15 is 0 Å². The highest BCUT2D eigenvalue weighted by Crippen LogP contribution is 2.38. The average molecular weight is 432 g/mol. The van der Waals surface area contributed by atoms with Crippen LogP contribution >= 0.6 is 23.1 Å². The highest BCUT2D eigenvalue weighted by Gasteiger charge is 2.18. The molecule has 3 rings (SSSR count). The summed E-state index contributed by atoms with van der Waals surface area (Å²) in [5.74, 6) is 1.06. The van der Waals surface area contributed by atoms with Crippen molar-refractivity contribution in [1.29, 1.82) is 0 Å². The molecule has 1 saturated carbocycles. The van der Waals surface area contributed by atoms with Gasteiger partial charge in [-0.05, 0) is 19.3 Å². The molecule has 1 aromatic heterocycles. The fourth-order valence-electron chi connectivity index (χ4n) is 3.61. The SMILES string of the molecule is CCNC(=O)CSc1nc(-c2ccccc2)c(NC(=O)CCC2CCCCC2)s1. The van der Waals surface area contributed by atoms with E-state index in [4.69, 9.17) is 4.98 Å². The van der Waals surface area contributed by atoms with Crippen molar-refractivity contribution in [2.75, 3.05) is 17.6 Å². The first kappa shape index (κ1) is 21.8. The van der Waals surface area contributed by atoms with Crippen molar-refractivity contribution in [2.24, 2.45) is 5.92 Å². The second-order valence-electron chi connectivity index (χ2n) is 7.36. The quantitative estimate of drug-likeness (QED) is 0.526. The summed E-state index contributed by atoms with van der Waals surface area (Å²) in [7, 11) is 0. The van der Waals surface area contributed by atoms with Crippen LogP contribution < -0.4 is 10.6 Å². The van der Waals surface area contributed by atoms with E-state index in [9.17, 15) is 9.59 Å². The molecule has 0 radical (unpaired) electrons. The number of nitrogens with one attached hydrogen (secondary N) is 2. The topological polar surface area (TPSA) is 71.1 Å². The Kier molecular flexibility index (Phi) is 8.55. The normalized spacial score (nSPS) is 14.5. The Morgan fingerprint density at radius 3 is 2.62 bits per heavy atom. The lowest BCUT2D eigenvalue weighted by Crippen LogP contribution is -2.24. The van der Waals surface area contributed by atoms with Gasteiger partial charge in [-0.3, -0.25) is 9.59 Å². The van der Waals surface area contributed by atoms with Crippen molar-refractivity contribution in [3.63, 3.8) is 0 Å². The Hall–Kier alpha value is -1.86. The van der Waals surface area contributed by atoms with Gasteiger partial charge in [0.05, 0.1) is 5.75 Å². The van der Waals surface area contributed by atoms with E-state index in [0.29, 0.717) is 24.6 Å². The lowest BCUT2D eigenvalue weighted by Gasteiger charge is -2.20. The van der Waals surface area contributed by atoms with E-state index in [1.807, 2.05) is 37.3 Å². The molecule has 156 valence electrons. The molecule has 0 unspecified atom stereocenters. The highest BCUT2D eigenvalue weighted by atomic mass is 32.2. The fourth-order valence-corrected chi connectivity index (χ4v) is 5.53. The first-order valence-electron chi connectivity index (χ1n) is 10.4. The number of hydrogen-bond donors (Lipinski definition) is 2. The molecule has 2 amide bonds. The maximum absolute atomic E-state index is 12.6. The number of nitrogens with zero attached hydrogens (tertiary/aromatic N) is 1. The molecule has 2 N–H and O–H groups in total. The smallest absolute Gasteiger partial charge is 0.230 e. The van der Waals surface area contributed by atoms with Gasteiger partial charge in [-0.2, -0.15) is 0 Å². The summed E-state index contributed by atoms with van der Waals surface area (Å²) in [5, 5.41) is 6.65. The first-order chi connectivity index (χ1) is 14.2. The van der Waals surface area contributed by atoms with Gasteiger partial charge < -0.3 is 10.6 Å². The van der Waals surface area contributed by atoms with Gasteiger partial charge >= 0.3 is 0 Å². The number of rotatable bonds is 9. The highest BCUT2D eigenvalue weighted by molar-refractivity contribution is 8.01. The van der Waals surface area contributed by atoms with Crippen LogP contribution in [-0.2, 0) is 9.59 Å². The van der Waals surface area contributed by atoms with Gasteiger partial charge in [0, 0.05) is 18.5 Å². The molecule has 1 aliphatic carbocycles. The number of carbonyl (C=O) groups is 2. The van der Waals surface area contributed by atoms with E-state index in [1.54, 1.807) is 0 Å². The minimum absolute atomic E-state index is 0.00738. The monoisotopic (exact) mass is 431 g/mol. The molecule has 5 nitrogen and oxygen atoms in total. The molecule has 0 saturated heterocycles. The summed E-state index contributed by atoms with van der Waals surface area (Å²) < 4.78 is 0.790. The number of hydrogen-bond acceptors (Lipinski definition) is 5. The standard InChI is InChI=1S/C22H29N3O2S2/c1-2-23-19(27)15-28-22-25-20(17-11-7-4-8-12-17)21(29-22)24-18(26)14-13-16-9-5-3-6-10-16/h4,7-8,11-12,16H,2-3,5-6,9-10,13-15H2,1H3,(H,23,27)(H,24,26). The van der Waals surface area contributed by atoms with Gasteiger partial charge in [0.1, 0.15) is 10.7 Å². The average Bonchev–Trinajstić information content (AvgIpc) is 3.15. The maximum atomic E-state index is 12.6. The minimum atomic E-state index is -0.00738. The molecule has 0 bridgehead atoms. The molecular formula is C22H29N3O2S2. The predicted molar refractivity (Wildman–Crippen MR) is 121 cm³/mol. The Morgan fingerprint density at radius 1 is 1.14 bits per heavy atom. The van der Waals surface area contributed by atoms with Gasteiger partial charge in [-0.1, -0.05) is 85.5 Å². The molecule has 0 aliphatic heterocycles. The third-order valence-electron chi connectivity index (χ3n) is 5.11. The van der Waals surface area contributed by atoms with Crippen LogP contribution in [0.1, 0.15) is 51.9 Å².